The van der Waals surface area contributed by atoms with E-state index in [0.29, 0.717) is 11.4 Å². The van der Waals surface area contributed by atoms with Crippen LogP contribution in [0.25, 0.3) is 0 Å². The number of amides is 2. The first kappa shape index (κ1) is 21.4. The molecule has 2 aromatic carbocycles. The smallest absolute Gasteiger partial charge is 0.344 e. The van der Waals surface area contributed by atoms with Crippen molar-refractivity contribution in [2.45, 2.75) is 20.0 Å². The Bertz CT molecular complexity index is 912. The molecule has 1 atom stereocenters. The third-order valence-corrected chi connectivity index (χ3v) is 3.56. The predicted molar refractivity (Wildman–Crippen MR) is 104 cm³/mol. The number of rotatable bonds is 8. The van der Waals surface area contributed by atoms with Crippen LogP contribution in [0.1, 0.15) is 13.8 Å². The molecule has 0 unspecified atom stereocenters. The fourth-order valence-electron chi connectivity index (χ4n) is 2.24. The van der Waals surface area contributed by atoms with Gasteiger partial charge in [0.15, 0.2) is 18.5 Å². The molecule has 0 saturated carbocycles. The average molecular weight is 401 g/mol. The van der Waals surface area contributed by atoms with E-state index in [4.69, 9.17) is 9.47 Å². The Morgan fingerprint density at radius 2 is 1.62 bits per heavy atom. The average Bonchev–Trinajstić information content (AvgIpc) is 2.67. The Morgan fingerprint density at radius 1 is 1.03 bits per heavy atom. The molecule has 0 aliphatic rings. The Hall–Kier alpha value is -3.95. The van der Waals surface area contributed by atoms with Gasteiger partial charge in [0, 0.05) is 24.4 Å². The van der Waals surface area contributed by atoms with Crippen LogP contribution >= 0.6 is 0 Å². The van der Waals surface area contributed by atoms with Gasteiger partial charge in [-0.15, -0.1) is 0 Å². The number of nitro benzene ring substituents is 1. The zero-order valence-corrected chi connectivity index (χ0v) is 15.7. The van der Waals surface area contributed by atoms with Crippen LogP contribution in [0.2, 0.25) is 0 Å². The molecule has 2 rings (SSSR count). The minimum absolute atomic E-state index is 0.0779. The number of carbonyl (C=O) groups is 3. The van der Waals surface area contributed by atoms with Crippen LogP contribution in [-0.4, -0.2) is 35.4 Å². The first-order valence-electron chi connectivity index (χ1n) is 8.50. The number of carbonyl (C=O) groups excluding carboxylic acids is 3. The number of benzene rings is 2. The van der Waals surface area contributed by atoms with E-state index in [0.717, 1.165) is 0 Å². The number of nitrogens with zero attached hydrogens (tertiary/aromatic N) is 1. The number of nitro groups is 1. The quantitative estimate of drug-likeness (QED) is 0.394. The summed E-state index contributed by atoms with van der Waals surface area (Å²) in [5, 5.41) is 16.1. The molecule has 0 saturated heterocycles. The second-order valence-corrected chi connectivity index (χ2v) is 5.89. The molecule has 0 aromatic heterocycles. The fourth-order valence-corrected chi connectivity index (χ4v) is 2.24. The highest BCUT2D eigenvalue weighted by Crippen LogP contribution is 2.25. The molecule has 0 aliphatic carbocycles. The number of nitrogens with one attached hydrogen (secondary N) is 2. The number of ether oxygens (including phenoxy) is 2. The molecular weight excluding hydrogens is 382 g/mol. The van der Waals surface area contributed by atoms with Crippen molar-refractivity contribution in [3.8, 4) is 5.75 Å². The van der Waals surface area contributed by atoms with E-state index in [1.54, 1.807) is 24.3 Å². The molecule has 0 radical (unpaired) electrons. The minimum Gasteiger partial charge on any atom is -0.475 e. The number of anilines is 2. The van der Waals surface area contributed by atoms with Gasteiger partial charge in [-0.3, -0.25) is 19.7 Å². The predicted octanol–water partition coefficient (Wildman–Crippen LogP) is 2.50. The molecule has 2 N–H and O–H groups in total. The standard InChI is InChI=1S/C19H19N3O7/c1-12(19(25)21-15-9-7-14(8-10-15)20-13(2)23)29-18(24)11-28-17-6-4-3-5-16(17)22(26)27/h3-10,12H,11H2,1-2H3,(H,20,23)(H,21,25)/t12-/m1/s1. The molecule has 152 valence electrons. The van der Waals surface area contributed by atoms with E-state index >= 15 is 0 Å². The topological polar surface area (TPSA) is 137 Å². The molecule has 0 bridgehead atoms. The zero-order valence-electron chi connectivity index (χ0n) is 15.7. The van der Waals surface area contributed by atoms with Gasteiger partial charge >= 0.3 is 11.7 Å². The van der Waals surface area contributed by atoms with Crippen molar-refractivity contribution in [2.75, 3.05) is 17.2 Å². The number of hydrogen-bond donors (Lipinski definition) is 2. The van der Waals surface area contributed by atoms with Crippen molar-refractivity contribution in [3.05, 3.63) is 58.6 Å². The Balaban J connectivity index is 1.85. The second-order valence-electron chi connectivity index (χ2n) is 5.89. The SMILES string of the molecule is CC(=O)Nc1ccc(NC(=O)[C@@H](C)OC(=O)COc2ccccc2[N+](=O)[O-])cc1. The molecule has 0 spiro atoms. The lowest BCUT2D eigenvalue weighted by Gasteiger charge is -2.14. The van der Waals surface area contributed by atoms with E-state index in [2.05, 4.69) is 10.6 Å². The lowest BCUT2D eigenvalue weighted by molar-refractivity contribution is -0.385. The second kappa shape index (κ2) is 9.83. The van der Waals surface area contributed by atoms with E-state index in [9.17, 15) is 24.5 Å². The maximum Gasteiger partial charge on any atom is 0.344 e. The summed E-state index contributed by atoms with van der Waals surface area (Å²) in [6.45, 7) is 2.17. The van der Waals surface area contributed by atoms with E-state index in [1.807, 2.05) is 0 Å². The lowest BCUT2D eigenvalue weighted by Crippen LogP contribution is -2.31. The van der Waals surface area contributed by atoms with Crippen molar-refractivity contribution >= 4 is 34.8 Å². The van der Waals surface area contributed by atoms with Crippen LogP contribution in [0.5, 0.6) is 5.75 Å². The molecule has 2 aromatic rings. The van der Waals surface area contributed by atoms with Gasteiger partial charge in [0.2, 0.25) is 5.91 Å². The van der Waals surface area contributed by atoms with Crippen molar-refractivity contribution in [1.29, 1.82) is 0 Å². The number of hydrogen-bond acceptors (Lipinski definition) is 7. The Labute approximate surface area is 166 Å². The van der Waals surface area contributed by atoms with Gasteiger partial charge in [0.05, 0.1) is 4.92 Å². The monoisotopic (exact) mass is 401 g/mol. The maximum absolute atomic E-state index is 12.1. The van der Waals surface area contributed by atoms with Crippen molar-refractivity contribution in [1.82, 2.24) is 0 Å². The summed E-state index contributed by atoms with van der Waals surface area (Å²) in [7, 11) is 0. The lowest BCUT2D eigenvalue weighted by atomic mass is 10.2. The van der Waals surface area contributed by atoms with E-state index in [-0.39, 0.29) is 17.3 Å². The number of esters is 1. The highest BCUT2D eigenvalue weighted by atomic mass is 16.6. The van der Waals surface area contributed by atoms with Crippen LogP contribution in [0.3, 0.4) is 0 Å². The summed E-state index contributed by atoms with van der Waals surface area (Å²) in [6, 6.07) is 12.0. The summed E-state index contributed by atoms with van der Waals surface area (Å²) in [5.41, 5.74) is 0.735. The van der Waals surface area contributed by atoms with Gasteiger partial charge in [-0.05, 0) is 37.3 Å². The molecular formula is C19H19N3O7. The van der Waals surface area contributed by atoms with Crippen molar-refractivity contribution in [3.63, 3.8) is 0 Å². The largest absolute Gasteiger partial charge is 0.475 e. The highest BCUT2D eigenvalue weighted by molar-refractivity contribution is 5.95. The molecule has 29 heavy (non-hydrogen) atoms. The molecule has 2 amide bonds. The van der Waals surface area contributed by atoms with Gasteiger partial charge in [-0.25, -0.2) is 4.79 Å². The first-order chi connectivity index (χ1) is 13.8. The van der Waals surface area contributed by atoms with Gasteiger partial charge in [0.25, 0.3) is 5.91 Å². The summed E-state index contributed by atoms with van der Waals surface area (Å²) >= 11 is 0. The normalized spacial score (nSPS) is 11.1. The zero-order chi connectivity index (χ0) is 21.4. The summed E-state index contributed by atoms with van der Waals surface area (Å²) in [5.74, 6) is -1.72. The van der Waals surface area contributed by atoms with E-state index < -0.39 is 29.5 Å². The van der Waals surface area contributed by atoms with Crippen molar-refractivity contribution < 1.29 is 28.8 Å². The summed E-state index contributed by atoms with van der Waals surface area (Å²) in [4.78, 5) is 45.3. The molecule has 0 fully saturated rings. The van der Waals surface area contributed by atoms with Crippen LogP contribution < -0.4 is 15.4 Å². The molecule has 0 heterocycles. The van der Waals surface area contributed by atoms with E-state index in [1.165, 1.54) is 38.1 Å². The molecule has 10 heteroatoms. The third kappa shape index (κ3) is 6.61. The molecule has 10 nitrogen and oxygen atoms in total. The van der Waals surface area contributed by atoms with Gasteiger partial charge in [-0.2, -0.15) is 0 Å². The maximum atomic E-state index is 12.1. The highest BCUT2D eigenvalue weighted by Gasteiger charge is 2.20. The van der Waals surface area contributed by atoms with Crippen LogP contribution in [-0.2, 0) is 19.1 Å². The fraction of sp³-hybridized carbons (Fsp3) is 0.211. The summed E-state index contributed by atoms with van der Waals surface area (Å²) < 4.78 is 10.1. The first-order valence-corrected chi connectivity index (χ1v) is 8.50. The van der Waals surface area contributed by atoms with Crippen molar-refractivity contribution in [2.24, 2.45) is 0 Å². The van der Waals surface area contributed by atoms with Crippen LogP contribution in [0, 0.1) is 10.1 Å². The van der Waals surface area contributed by atoms with Crippen LogP contribution in [0.4, 0.5) is 17.1 Å². The molecule has 0 aliphatic heterocycles. The third-order valence-electron chi connectivity index (χ3n) is 3.56. The van der Waals surface area contributed by atoms with Gasteiger partial charge < -0.3 is 20.1 Å². The number of para-hydroxylation sites is 2. The minimum atomic E-state index is -1.12. The van der Waals surface area contributed by atoms with Gasteiger partial charge in [0.1, 0.15) is 0 Å². The Morgan fingerprint density at radius 3 is 2.21 bits per heavy atom. The van der Waals surface area contributed by atoms with Crippen LogP contribution in [0.15, 0.2) is 48.5 Å². The van der Waals surface area contributed by atoms with Gasteiger partial charge in [-0.1, -0.05) is 12.1 Å². The summed E-state index contributed by atoms with van der Waals surface area (Å²) in [6.07, 6.45) is -1.12. The Kier molecular flexibility index (Phi) is 7.24.